The average Bonchev–Trinajstić information content (AvgIpc) is 2.39. The standard InChI is InChI=1S/C17H34O2.Al.3H/c1-2-3-4-5-6-7-8-9-10-11-12-13-14-15-16-17(18)19;;;;/h2-16H2,1H3,(H,18,19);;;;. The molecule has 0 radical (unpaired) electrons. The Morgan fingerprint density at radius 3 is 1.25 bits per heavy atom. The molecular formula is C17H37AlO2. The van der Waals surface area contributed by atoms with Crippen LogP contribution in [0.25, 0.3) is 0 Å². The van der Waals surface area contributed by atoms with Gasteiger partial charge in [0.25, 0.3) is 0 Å². The molecule has 0 atom stereocenters. The van der Waals surface area contributed by atoms with E-state index in [1.807, 2.05) is 0 Å². The normalized spacial score (nSPS) is 10.2. The van der Waals surface area contributed by atoms with Crippen molar-refractivity contribution in [2.75, 3.05) is 0 Å². The average molecular weight is 300 g/mol. The third-order valence-corrected chi connectivity index (χ3v) is 3.74. The molecule has 0 unspecified atom stereocenters. The largest absolute Gasteiger partial charge is 0.481 e. The maximum absolute atomic E-state index is 10.3. The topological polar surface area (TPSA) is 37.3 Å². The summed E-state index contributed by atoms with van der Waals surface area (Å²) in [7, 11) is 0. The van der Waals surface area contributed by atoms with E-state index in [4.69, 9.17) is 5.11 Å². The van der Waals surface area contributed by atoms with Crippen LogP contribution in [0.1, 0.15) is 103 Å². The van der Waals surface area contributed by atoms with Gasteiger partial charge < -0.3 is 5.11 Å². The zero-order chi connectivity index (χ0) is 14.2. The van der Waals surface area contributed by atoms with Crippen LogP contribution in [-0.4, -0.2) is 28.4 Å². The molecule has 0 saturated carbocycles. The number of carboxylic acid groups (broad SMARTS) is 1. The van der Waals surface area contributed by atoms with E-state index in [2.05, 4.69) is 6.92 Å². The molecule has 0 aliphatic rings. The minimum atomic E-state index is -0.654. The molecule has 20 heavy (non-hydrogen) atoms. The minimum Gasteiger partial charge on any atom is -0.481 e. The molecule has 0 fully saturated rings. The molecule has 0 aromatic rings. The number of rotatable bonds is 15. The van der Waals surface area contributed by atoms with Crippen molar-refractivity contribution in [2.24, 2.45) is 0 Å². The maximum Gasteiger partial charge on any atom is 0.303 e. The Hall–Kier alpha value is 0.00247. The van der Waals surface area contributed by atoms with Gasteiger partial charge in [-0.15, -0.1) is 0 Å². The first-order valence-electron chi connectivity index (χ1n) is 8.49. The highest BCUT2D eigenvalue weighted by atomic mass is 27.0. The Morgan fingerprint density at radius 2 is 0.950 bits per heavy atom. The Balaban J connectivity index is 0. The number of carboxylic acids is 1. The van der Waals surface area contributed by atoms with Crippen molar-refractivity contribution in [1.29, 1.82) is 0 Å². The number of unbranched alkanes of at least 4 members (excludes halogenated alkanes) is 13. The third kappa shape index (κ3) is 20.3. The first-order valence-corrected chi connectivity index (χ1v) is 8.49. The first-order chi connectivity index (χ1) is 9.27. The molecule has 0 spiro atoms. The van der Waals surface area contributed by atoms with Crippen molar-refractivity contribution >= 4 is 23.3 Å². The van der Waals surface area contributed by atoms with Gasteiger partial charge in [-0.05, 0) is 6.42 Å². The van der Waals surface area contributed by atoms with Crippen LogP contribution in [0, 0.1) is 0 Å². The van der Waals surface area contributed by atoms with Crippen LogP contribution in [0.3, 0.4) is 0 Å². The summed E-state index contributed by atoms with van der Waals surface area (Å²) in [5, 5.41) is 8.50. The molecule has 1 N–H and O–H groups in total. The van der Waals surface area contributed by atoms with Gasteiger partial charge in [-0.3, -0.25) is 4.79 Å². The van der Waals surface area contributed by atoms with E-state index in [1.54, 1.807) is 0 Å². The lowest BCUT2D eigenvalue weighted by Gasteiger charge is -2.02. The summed E-state index contributed by atoms with van der Waals surface area (Å²) in [5.41, 5.74) is 0. The van der Waals surface area contributed by atoms with E-state index >= 15 is 0 Å². The molecule has 0 saturated heterocycles. The number of carbonyl (C=O) groups is 1. The predicted molar refractivity (Wildman–Crippen MR) is 92.5 cm³/mol. The fourth-order valence-electron chi connectivity index (χ4n) is 2.47. The summed E-state index contributed by atoms with van der Waals surface area (Å²) in [6.45, 7) is 2.27. The summed E-state index contributed by atoms with van der Waals surface area (Å²) in [4.78, 5) is 10.3. The van der Waals surface area contributed by atoms with Gasteiger partial charge in [-0.2, -0.15) is 0 Å². The highest BCUT2D eigenvalue weighted by molar-refractivity contribution is 5.75. The summed E-state index contributed by atoms with van der Waals surface area (Å²) < 4.78 is 0. The van der Waals surface area contributed by atoms with Gasteiger partial charge >= 0.3 is 5.97 Å². The minimum absolute atomic E-state index is 0. The molecule has 0 aromatic carbocycles. The van der Waals surface area contributed by atoms with Crippen LogP contribution in [0.5, 0.6) is 0 Å². The fourth-order valence-corrected chi connectivity index (χ4v) is 2.47. The lowest BCUT2D eigenvalue weighted by Crippen LogP contribution is -1.93. The van der Waals surface area contributed by atoms with Crippen molar-refractivity contribution < 1.29 is 9.90 Å². The van der Waals surface area contributed by atoms with E-state index in [-0.39, 0.29) is 17.4 Å². The zero-order valence-electron chi connectivity index (χ0n) is 13.0. The van der Waals surface area contributed by atoms with Gasteiger partial charge in [0.05, 0.1) is 0 Å². The lowest BCUT2D eigenvalue weighted by molar-refractivity contribution is -0.137. The molecule has 0 aliphatic heterocycles. The Morgan fingerprint density at radius 1 is 0.650 bits per heavy atom. The van der Waals surface area contributed by atoms with Crippen LogP contribution in [0.2, 0.25) is 0 Å². The quantitative estimate of drug-likeness (QED) is 0.350. The third-order valence-electron chi connectivity index (χ3n) is 3.74. The van der Waals surface area contributed by atoms with E-state index in [0.29, 0.717) is 6.42 Å². The fraction of sp³-hybridized carbons (Fsp3) is 0.941. The Kier molecular flexibility index (Phi) is 21.2. The summed E-state index contributed by atoms with van der Waals surface area (Å²) >= 11 is 0. The van der Waals surface area contributed by atoms with Crippen LogP contribution in [-0.2, 0) is 4.79 Å². The van der Waals surface area contributed by atoms with E-state index in [1.165, 1.54) is 77.0 Å². The molecule has 0 amide bonds. The van der Waals surface area contributed by atoms with Gasteiger partial charge in [0.1, 0.15) is 0 Å². The summed E-state index contributed by atoms with van der Waals surface area (Å²) in [6, 6.07) is 0. The maximum atomic E-state index is 10.3. The van der Waals surface area contributed by atoms with E-state index < -0.39 is 5.97 Å². The molecular weight excluding hydrogens is 263 g/mol. The molecule has 0 bridgehead atoms. The molecule has 0 heterocycles. The smallest absolute Gasteiger partial charge is 0.303 e. The number of hydrogen-bond donors (Lipinski definition) is 1. The highest BCUT2D eigenvalue weighted by Gasteiger charge is 1.96. The Bertz CT molecular complexity index is 195. The van der Waals surface area contributed by atoms with Crippen LogP contribution in [0.4, 0.5) is 0 Å². The Labute approximate surface area is 136 Å². The van der Waals surface area contributed by atoms with Crippen molar-refractivity contribution in [3.63, 3.8) is 0 Å². The molecule has 120 valence electrons. The van der Waals surface area contributed by atoms with Crippen LogP contribution >= 0.6 is 0 Å². The van der Waals surface area contributed by atoms with Gasteiger partial charge in [0.2, 0.25) is 0 Å². The van der Waals surface area contributed by atoms with Crippen LogP contribution < -0.4 is 0 Å². The monoisotopic (exact) mass is 300 g/mol. The predicted octanol–water partition coefficient (Wildman–Crippen LogP) is 4.76. The van der Waals surface area contributed by atoms with Crippen molar-refractivity contribution in [3.8, 4) is 0 Å². The molecule has 0 aromatic heterocycles. The van der Waals surface area contributed by atoms with Gasteiger partial charge in [-0.1, -0.05) is 90.4 Å². The van der Waals surface area contributed by atoms with Crippen molar-refractivity contribution in [2.45, 2.75) is 103 Å². The zero-order valence-corrected chi connectivity index (χ0v) is 13.0. The van der Waals surface area contributed by atoms with Crippen LogP contribution in [0.15, 0.2) is 0 Å². The van der Waals surface area contributed by atoms with Gasteiger partial charge in [0, 0.05) is 6.42 Å². The van der Waals surface area contributed by atoms with E-state index in [0.717, 1.165) is 12.8 Å². The second-order valence-electron chi connectivity index (χ2n) is 5.74. The van der Waals surface area contributed by atoms with Crippen molar-refractivity contribution in [1.82, 2.24) is 0 Å². The lowest BCUT2D eigenvalue weighted by atomic mass is 10.0. The van der Waals surface area contributed by atoms with E-state index in [9.17, 15) is 4.79 Å². The second kappa shape index (κ2) is 19.0. The van der Waals surface area contributed by atoms with Crippen molar-refractivity contribution in [3.05, 3.63) is 0 Å². The number of aliphatic carboxylic acids is 1. The summed E-state index contributed by atoms with van der Waals surface area (Å²) in [5.74, 6) is -0.654. The molecule has 2 nitrogen and oxygen atoms in total. The molecule has 3 heteroatoms. The summed E-state index contributed by atoms with van der Waals surface area (Å²) in [6.07, 6.45) is 18.7. The molecule has 0 rings (SSSR count). The first kappa shape index (κ1) is 22.3. The molecule has 0 aliphatic carbocycles. The van der Waals surface area contributed by atoms with Gasteiger partial charge in [-0.25, -0.2) is 0 Å². The number of hydrogen-bond acceptors (Lipinski definition) is 1. The SMILES string of the molecule is CCCCCCCCCCCCCCCCC(=O)O.[AlH3]. The second-order valence-corrected chi connectivity index (χ2v) is 5.74. The van der Waals surface area contributed by atoms with Gasteiger partial charge in [0.15, 0.2) is 17.4 Å². The highest BCUT2D eigenvalue weighted by Crippen LogP contribution is 2.13.